The smallest absolute Gasteiger partial charge is 0.238 e. The molecule has 0 unspecified atom stereocenters. The zero-order valence-corrected chi connectivity index (χ0v) is 28.8. The average molecular weight is 668 g/mol. The second-order valence-electron chi connectivity index (χ2n) is 13.5. The number of aryl methyl sites for hydroxylation is 2. The Morgan fingerprint density at radius 3 is 1.46 bits per heavy atom. The molecule has 0 aliphatic rings. The van der Waals surface area contributed by atoms with E-state index >= 15 is 0 Å². The maximum Gasteiger partial charge on any atom is 0.238 e. The zero-order chi connectivity index (χ0) is 34.8. The van der Waals surface area contributed by atoms with E-state index < -0.39 is 0 Å². The van der Waals surface area contributed by atoms with E-state index in [1.807, 2.05) is 18.2 Å². The summed E-state index contributed by atoms with van der Waals surface area (Å²) in [7, 11) is 0. The summed E-state index contributed by atoms with van der Waals surface area (Å²) in [6.07, 6.45) is 0. The van der Waals surface area contributed by atoms with E-state index in [0.717, 1.165) is 55.2 Å². The van der Waals surface area contributed by atoms with Crippen molar-refractivity contribution in [3.63, 3.8) is 0 Å². The van der Waals surface area contributed by atoms with Crippen LogP contribution in [0.1, 0.15) is 11.1 Å². The number of para-hydroxylation sites is 3. The standard InChI is InChI=1S/C47H33N5/c1-30-27-31(2)29-35(28-30)32-21-23-34(24-22-32)46-48-45(33-13-5-3-6-14-33)49-47(50-46)52-42-20-12-10-18-38(42)40-26-25-39-37-17-9-11-19-41(37)51(43(39)44(40)52)36-15-7-4-8-16-36/h3-29H,1-2H3. The Bertz CT molecular complexity index is 2940. The SMILES string of the molecule is Cc1cc(C)cc(-c2ccc(-c3nc(-c4ccccc4)nc(-n4c5ccccc5c5ccc6c7ccccc7n(-c7ccccc7)c6c54)n3)cc2)c1. The number of aromatic nitrogens is 5. The lowest BCUT2D eigenvalue weighted by Gasteiger charge is -2.13. The number of hydrogen-bond acceptors (Lipinski definition) is 3. The third-order valence-corrected chi connectivity index (χ3v) is 10.0. The Kier molecular flexibility index (Phi) is 6.86. The normalized spacial score (nSPS) is 11.7. The Labute approximate surface area is 301 Å². The fourth-order valence-corrected chi connectivity index (χ4v) is 7.82. The highest BCUT2D eigenvalue weighted by Gasteiger charge is 2.23. The van der Waals surface area contributed by atoms with Gasteiger partial charge in [-0.2, -0.15) is 9.97 Å². The predicted molar refractivity (Wildman–Crippen MR) is 214 cm³/mol. The quantitative estimate of drug-likeness (QED) is 0.184. The lowest BCUT2D eigenvalue weighted by atomic mass is 10.00. The van der Waals surface area contributed by atoms with E-state index in [-0.39, 0.29) is 0 Å². The van der Waals surface area contributed by atoms with Crippen LogP contribution in [0.2, 0.25) is 0 Å². The van der Waals surface area contributed by atoms with E-state index in [4.69, 9.17) is 15.0 Å². The predicted octanol–water partition coefficient (Wildman–Crippen LogP) is 11.7. The maximum atomic E-state index is 5.30. The molecule has 10 aromatic rings. The molecule has 3 heterocycles. The van der Waals surface area contributed by atoms with Crippen molar-refractivity contribution in [3.05, 3.63) is 175 Å². The number of benzene rings is 7. The van der Waals surface area contributed by atoms with E-state index in [0.29, 0.717) is 17.6 Å². The lowest BCUT2D eigenvalue weighted by molar-refractivity contribution is 0.953. The number of hydrogen-bond donors (Lipinski definition) is 0. The summed E-state index contributed by atoms with van der Waals surface area (Å²) in [4.78, 5) is 15.6. The molecule has 7 aromatic carbocycles. The van der Waals surface area contributed by atoms with Crippen LogP contribution in [0.25, 0.3) is 89.2 Å². The summed E-state index contributed by atoms with van der Waals surface area (Å²) in [5.74, 6) is 1.82. The van der Waals surface area contributed by atoms with Crippen LogP contribution in [-0.2, 0) is 0 Å². The maximum absolute atomic E-state index is 5.30. The summed E-state index contributed by atoms with van der Waals surface area (Å²) in [5.41, 5.74) is 12.2. The Hall–Kier alpha value is -6.85. The van der Waals surface area contributed by atoms with E-state index in [1.54, 1.807) is 0 Å². The summed E-state index contributed by atoms with van der Waals surface area (Å²) in [5, 5.41) is 4.66. The van der Waals surface area contributed by atoms with Gasteiger partial charge in [0.1, 0.15) is 0 Å². The van der Waals surface area contributed by atoms with Gasteiger partial charge < -0.3 is 4.57 Å². The minimum absolute atomic E-state index is 0.575. The van der Waals surface area contributed by atoms with Crippen LogP contribution in [0, 0.1) is 13.8 Å². The third kappa shape index (κ3) is 4.82. The van der Waals surface area contributed by atoms with Gasteiger partial charge in [-0.25, -0.2) is 4.98 Å². The molecule has 0 fully saturated rings. The van der Waals surface area contributed by atoms with Crippen LogP contribution in [0.5, 0.6) is 0 Å². The summed E-state index contributed by atoms with van der Waals surface area (Å²) in [6.45, 7) is 4.29. The van der Waals surface area contributed by atoms with Crippen molar-refractivity contribution in [2.24, 2.45) is 0 Å². The fraction of sp³-hybridized carbons (Fsp3) is 0.0426. The van der Waals surface area contributed by atoms with Crippen molar-refractivity contribution in [2.45, 2.75) is 13.8 Å². The Balaban J connectivity index is 1.28. The molecule has 0 amide bonds. The largest absolute Gasteiger partial charge is 0.307 e. The van der Waals surface area contributed by atoms with Crippen LogP contribution in [0.15, 0.2) is 164 Å². The van der Waals surface area contributed by atoms with Gasteiger partial charge in [0.2, 0.25) is 5.95 Å². The molecule has 0 aliphatic carbocycles. The molecular weight excluding hydrogens is 635 g/mol. The second-order valence-corrected chi connectivity index (χ2v) is 13.5. The van der Waals surface area contributed by atoms with E-state index in [9.17, 15) is 0 Å². The molecule has 3 aromatic heterocycles. The van der Waals surface area contributed by atoms with Crippen LogP contribution in [0.3, 0.4) is 0 Å². The zero-order valence-electron chi connectivity index (χ0n) is 28.8. The van der Waals surface area contributed by atoms with Crippen LogP contribution in [0.4, 0.5) is 0 Å². The topological polar surface area (TPSA) is 48.5 Å². The summed E-state index contributed by atoms with van der Waals surface area (Å²) in [6, 6.07) is 57.8. The molecule has 0 spiro atoms. The highest BCUT2D eigenvalue weighted by Crippen LogP contribution is 2.41. The first-order valence-electron chi connectivity index (χ1n) is 17.6. The molecule has 0 saturated carbocycles. The van der Waals surface area contributed by atoms with Gasteiger partial charge in [-0.3, -0.25) is 4.57 Å². The second kappa shape index (κ2) is 11.9. The molecule has 0 atom stereocenters. The molecule has 246 valence electrons. The van der Waals surface area contributed by atoms with Gasteiger partial charge in [0.05, 0.1) is 22.1 Å². The molecular formula is C47H33N5. The van der Waals surface area contributed by atoms with Gasteiger partial charge in [-0.15, -0.1) is 0 Å². The molecule has 0 bridgehead atoms. The third-order valence-electron chi connectivity index (χ3n) is 10.0. The molecule has 0 aliphatic heterocycles. The highest BCUT2D eigenvalue weighted by molar-refractivity contribution is 6.23. The van der Waals surface area contributed by atoms with Gasteiger partial charge in [-0.05, 0) is 49.2 Å². The van der Waals surface area contributed by atoms with Crippen LogP contribution in [-0.4, -0.2) is 24.1 Å². The van der Waals surface area contributed by atoms with Gasteiger partial charge in [0.15, 0.2) is 11.6 Å². The van der Waals surface area contributed by atoms with Crippen molar-refractivity contribution in [3.8, 4) is 45.5 Å². The van der Waals surface area contributed by atoms with Crippen LogP contribution < -0.4 is 0 Å². The average Bonchev–Trinajstić information content (AvgIpc) is 3.71. The molecule has 5 heteroatoms. The van der Waals surface area contributed by atoms with Gasteiger partial charge >= 0.3 is 0 Å². The molecule has 10 rings (SSSR count). The van der Waals surface area contributed by atoms with Crippen molar-refractivity contribution < 1.29 is 0 Å². The fourth-order valence-electron chi connectivity index (χ4n) is 7.82. The number of nitrogens with zero attached hydrogens (tertiary/aromatic N) is 5. The van der Waals surface area contributed by atoms with Crippen molar-refractivity contribution in [1.29, 1.82) is 0 Å². The molecule has 52 heavy (non-hydrogen) atoms. The summed E-state index contributed by atoms with van der Waals surface area (Å²) >= 11 is 0. The lowest BCUT2D eigenvalue weighted by Crippen LogP contribution is -2.07. The molecule has 0 saturated heterocycles. The Morgan fingerprint density at radius 2 is 0.846 bits per heavy atom. The van der Waals surface area contributed by atoms with Gasteiger partial charge in [0, 0.05) is 38.4 Å². The van der Waals surface area contributed by atoms with Gasteiger partial charge in [0.25, 0.3) is 0 Å². The minimum Gasteiger partial charge on any atom is -0.307 e. The van der Waals surface area contributed by atoms with E-state index in [2.05, 4.69) is 169 Å². The number of rotatable bonds is 5. The molecule has 0 N–H and O–H groups in total. The van der Waals surface area contributed by atoms with E-state index in [1.165, 1.54) is 27.5 Å². The summed E-state index contributed by atoms with van der Waals surface area (Å²) < 4.78 is 4.63. The minimum atomic E-state index is 0.575. The Morgan fingerprint density at radius 1 is 0.365 bits per heavy atom. The first-order valence-corrected chi connectivity index (χ1v) is 17.6. The van der Waals surface area contributed by atoms with Crippen molar-refractivity contribution >= 4 is 43.6 Å². The molecule has 5 nitrogen and oxygen atoms in total. The van der Waals surface area contributed by atoms with Gasteiger partial charge in [-0.1, -0.05) is 151 Å². The number of fused-ring (bicyclic) bond motifs is 7. The highest BCUT2D eigenvalue weighted by atomic mass is 15.2. The van der Waals surface area contributed by atoms with Crippen molar-refractivity contribution in [1.82, 2.24) is 24.1 Å². The first kappa shape index (κ1) is 30.0. The van der Waals surface area contributed by atoms with Crippen LogP contribution >= 0.6 is 0 Å². The monoisotopic (exact) mass is 667 g/mol. The first-order chi connectivity index (χ1) is 25.6. The van der Waals surface area contributed by atoms with Crippen molar-refractivity contribution in [2.75, 3.05) is 0 Å². The molecule has 0 radical (unpaired) electrons.